The number of aryl methyl sites for hydroxylation is 1. The van der Waals surface area contributed by atoms with Gasteiger partial charge >= 0.3 is 0 Å². The van der Waals surface area contributed by atoms with E-state index in [2.05, 4.69) is 11.4 Å². The molecule has 4 rings (SSSR count). The molecule has 1 amide bonds. The number of hydrogen-bond donors (Lipinski definition) is 1. The highest BCUT2D eigenvalue weighted by molar-refractivity contribution is 6.06. The average Bonchev–Trinajstić information content (AvgIpc) is 2.95. The third-order valence-electron chi connectivity index (χ3n) is 4.76. The average molecular weight is 346 g/mol. The van der Waals surface area contributed by atoms with Gasteiger partial charge in [-0.05, 0) is 42.3 Å². The third-order valence-corrected chi connectivity index (χ3v) is 4.76. The Bertz CT molecular complexity index is 1120. The lowest BCUT2D eigenvalue weighted by Gasteiger charge is -2.18. The Labute approximate surface area is 148 Å². The lowest BCUT2D eigenvalue weighted by atomic mass is 9.98. The number of rotatable bonds is 2. The van der Waals surface area contributed by atoms with Gasteiger partial charge in [-0.1, -0.05) is 0 Å². The summed E-state index contributed by atoms with van der Waals surface area (Å²) in [6.07, 6.45) is 0. The van der Waals surface area contributed by atoms with Crippen molar-refractivity contribution in [1.29, 1.82) is 5.26 Å². The normalized spacial score (nSPS) is 13.2. The number of nitriles is 1. The molecule has 128 valence electrons. The zero-order valence-corrected chi connectivity index (χ0v) is 13.9. The number of aromatic nitrogens is 1. The van der Waals surface area contributed by atoms with Crippen LogP contribution in [0.1, 0.15) is 21.6 Å². The zero-order chi connectivity index (χ0) is 18.4. The molecule has 0 radical (unpaired) electrons. The van der Waals surface area contributed by atoms with Gasteiger partial charge in [-0.3, -0.25) is 14.9 Å². The summed E-state index contributed by atoms with van der Waals surface area (Å²) in [5.74, 6) is -0.127. The second kappa shape index (κ2) is 5.70. The maximum absolute atomic E-state index is 12.3. The van der Waals surface area contributed by atoms with E-state index >= 15 is 0 Å². The van der Waals surface area contributed by atoms with E-state index in [0.29, 0.717) is 24.3 Å². The van der Waals surface area contributed by atoms with E-state index in [1.54, 1.807) is 24.3 Å². The number of benzene rings is 2. The minimum atomic E-state index is -0.446. The van der Waals surface area contributed by atoms with Crippen LogP contribution in [0.15, 0.2) is 36.4 Å². The predicted octanol–water partition coefficient (Wildman–Crippen LogP) is 3.14. The van der Waals surface area contributed by atoms with E-state index in [-0.39, 0.29) is 11.6 Å². The Kier molecular flexibility index (Phi) is 3.48. The zero-order valence-electron chi connectivity index (χ0n) is 13.9. The van der Waals surface area contributed by atoms with Crippen LogP contribution >= 0.6 is 0 Å². The number of nitrogens with zero attached hydrogens (tertiary/aromatic N) is 3. The van der Waals surface area contributed by atoms with E-state index in [1.807, 2.05) is 11.5 Å². The number of fused-ring (bicyclic) bond motifs is 3. The number of carbonyl (C=O) groups excluding carboxylic acids is 1. The van der Waals surface area contributed by atoms with E-state index in [1.165, 1.54) is 12.1 Å². The summed E-state index contributed by atoms with van der Waals surface area (Å²) in [7, 11) is 0. The van der Waals surface area contributed by atoms with Crippen LogP contribution in [-0.4, -0.2) is 21.9 Å². The molecule has 0 spiro atoms. The van der Waals surface area contributed by atoms with E-state index < -0.39 is 4.92 Å². The van der Waals surface area contributed by atoms with Gasteiger partial charge in [0.15, 0.2) is 0 Å². The van der Waals surface area contributed by atoms with Gasteiger partial charge in [-0.25, -0.2) is 0 Å². The number of hydrogen-bond acceptors (Lipinski definition) is 4. The predicted molar refractivity (Wildman–Crippen MR) is 95.8 cm³/mol. The van der Waals surface area contributed by atoms with E-state index in [9.17, 15) is 20.2 Å². The molecule has 7 heteroatoms. The van der Waals surface area contributed by atoms with Crippen molar-refractivity contribution in [3.05, 3.63) is 63.3 Å². The molecule has 1 N–H and O–H groups in total. The van der Waals surface area contributed by atoms with Gasteiger partial charge < -0.3 is 9.88 Å². The first-order valence-electron chi connectivity index (χ1n) is 8.11. The summed E-state index contributed by atoms with van der Waals surface area (Å²) in [5.41, 5.74) is 4.36. The smallest absolute Gasteiger partial charge is 0.269 e. The van der Waals surface area contributed by atoms with Crippen LogP contribution in [0.3, 0.4) is 0 Å². The lowest BCUT2D eigenvalue weighted by molar-refractivity contribution is -0.384. The molecule has 0 saturated heterocycles. The number of nitro benzene ring substituents is 1. The highest BCUT2D eigenvalue weighted by Crippen LogP contribution is 2.36. The van der Waals surface area contributed by atoms with Gasteiger partial charge in [0.05, 0.1) is 22.1 Å². The first-order valence-corrected chi connectivity index (χ1v) is 8.11. The molecular weight excluding hydrogens is 332 g/mol. The van der Waals surface area contributed by atoms with Crippen LogP contribution in [0.4, 0.5) is 5.69 Å². The van der Waals surface area contributed by atoms with Crippen molar-refractivity contribution in [2.45, 2.75) is 13.5 Å². The number of nitrogens with one attached hydrogen (secondary N) is 1. The minimum absolute atomic E-state index is 0.00850. The fraction of sp³-hybridized carbons (Fsp3) is 0.158. The second-order valence-corrected chi connectivity index (χ2v) is 6.22. The van der Waals surface area contributed by atoms with Gasteiger partial charge in [0.1, 0.15) is 5.69 Å². The van der Waals surface area contributed by atoms with Crippen LogP contribution in [0.25, 0.3) is 22.0 Å². The van der Waals surface area contributed by atoms with Crippen LogP contribution in [0.5, 0.6) is 0 Å². The summed E-state index contributed by atoms with van der Waals surface area (Å²) < 4.78 is 1.97. The molecular formula is C19H14N4O3. The van der Waals surface area contributed by atoms with Gasteiger partial charge in [-0.15, -0.1) is 0 Å². The first kappa shape index (κ1) is 15.8. The molecule has 0 atom stereocenters. The fourth-order valence-electron chi connectivity index (χ4n) is 3.58. The Morgan fingerprint density at radius 1 is 1.27 bits per heavy atom. The second-order valence-electron chi connectivity index (χ2n) is 6.22. The fourth-order valence-corrected chi connectivity index (χ4v) is 3.58. The standard InChI is InChI=1S/C19H14N4O3/c1-11-15-8-12(10-20)9-16(13-2-4-14(5-3-13)23(25)26)18(15)22-7-6-21-19(24)17(11)22/h2-5,8-9H,6-7H2,1H3,(H,21,24). The van der Waals surface area contributed by atoms with Crippen molar-refractivity contribution < 1.29 is 9.72 Å². The SMILES string of the molecule is Cc1c2n(c3c(-c4ccc([N+](=O)[O-])cc4)cc(C#N)cc13)CCNC2=O. The van der Waals surface area contributed by atoms with Crippen molar-refractivity contribution >= 4 is 22.5 Å². The van der Waals surface area contributed by atoms with Crippen molar-refractivity contribution in [2.24, 2.45) is 0 Å². The van der Waals surface area contributed by atoms with Crippen LogP contribution < -0.4 is 5.32 Å². The van der Waals surface area contributed by atoms with Gasteiger partial charge in [0.2, 0.25) is 0 Å². The molecule has 0 unspecified atom stereocenters. The Hall–Kier alpha value is -3.66. The summed E-state index contributed by atoms with van der Waals surface area (Å²) in [5, 5.41) is 24.0. The van der Waals surface area contributed by atoms with Crippen LogP contribution in [-0.2, 0) is 6.54 Å². The molecule has 0 bridgehead atoms. The number of non-ortho nitro benzene ring substituents is 1. The monoisotopic (exact) mass is 346 g/mol. The highest BCUT2D eigenvalue weighted by Gasteiger charge is 2.25. The van der Waals surface area contributed by atoms with Gasteiger partial charge in [0, 0.05) is 36.2 Å². The van der Waals surface area contributed by atoms with Crippen LogP contribution in [0.2, 0.25) is 0 Å². The molecule has 0 saturated carbocycles. The van der Waals surface area contributed by atoms with Crippen molar-refractivity contribution in [2.75, 3.05) is 6.54 Å². The van der Waals surface area contributed by atoms with Crippen molar-refractivity contribution in [3.8, 4) is 17.2 Å². The first-order chi connectivity index (χ1) is 12.5. The molecule has 2 heterocycles. The molecule has 3 aromatic rings. The van der Waals surface area contributed by atoms with Gasteiger partial charge in [-0.2, -0.15) is 5.26 Å². The molecule has 0 aliphatic carbocycles. The summed E-state index contributed by atoms with van der Waals surface area (Å²) >= 11 is 0. The lowest BCUT2D eigenvalue weighted by Crippen LogP contribution is -2.35. The molecule has 1 aromatic heterocycles. The van der Waals surface area contributed by atoms with Gasteiger partial charge in [0.25, 0.3) is 11.6 Å². The minimum Gasteiger partial charge on any atom is -0.349 e. The topological polar surface area (TPSA) is 101 Å². The number of nitro groups is 1. The number of carbonyl (C=O) groups is 1. The van der Waals surface area contributed by atoms with E-state index in [4.69, 9.17) is 0 Å². The summed E-state index contributed by atoms with van der Waals surface area (Å²) in [6.45, 7) is 3.05. The maximum Gasteiger partial charge on any atom is 0.269 e. The molecule has 26 heavy (non-hydrogen) atoms. The van der Waals surface area contributed by atoms with E-state index in [0.717, 1.165) is 27.6 Å². The Balaban J connectivity index is 2.05. The molecule has 7 nitrogen and oxygen atoms in total. The Morgan fingerprint density at radius 2 is 2.00 bits per heavy atom. The largest absolute Gasteiger partial charge is 0.349 e. The molecule has 1 aliphatic rings. The molecule has 0 fully saturated rings. The highest BCUT2D eigenvalue weighted by atomic mass is 16.6. The summed E-state index contributed by atoms with van der Waals surface area (Å²) in [4.78, 5) is 22.8. The van der Waals surface area contributed by atoms with Crippen molar-refractivity contribution in [3.63, 3.8) is 0 Å². The van der Waals surface area contributed by atoms with Crippen molar-refractivity contribution in [1.82, 2.24) is 9.88 Å². The maximum atomic E-state index is 12.3. The molecule has 2 aromatic carbocycles. The van der Waals surface area contributed by atoms with Crippen LogP contribution in [0, 0.1) is 28.4 Å². The quantitative estimate of drug-likeness (QED) is 0.569. The molecule has 1 aliphatic heterocycles. The number of amides is 1. The third kappa shape index (κ3) is 2.24. The Morgan fingerprint density at radius 3 is 2.65 bits per heavy atom. The summed E-state index contributed by atoms with van der Waals surface area (Å²) in [6, 6.07) is 12.0.